The number of aromatic nitrogens is 2. The minimum Gasteiger partial charge on any atom is -0.282 e. The van der Waals surface area contributed by atoms with Crippen molar-refractivity contribution in [2.45, 2.75) is 33.1 Å². The van der Waals surface area contributed by atoms with Crippen molar-refractivity contribution in [3.8, 4) is 11.1 Å². The molecule has 0 radical (unpaired) electrons. The molecule has 2 aromatic heterocycles. The van der Waals surface area contributed by atoms with Gasteiger partial charge in [0.25, 0.3) is 0 Å². The van der Waals surface area contributed by atoms with E-state index in [1.807, 2.05) is 0 Å². The normalized spacial score (nSPS) is 13.2. The maximum atomic E-state index is 11.4. The Bertz CT molecular complexity index is 1030. The Morgan fingerprint density at radius 1 is 1.38 bits per heavy atom. The quantitative estimate of drug-likeness (QED) is 0.715. The second kappa shape index (κ2) is 5.56. The maximum Gasteiger partial charge on any atom is 0.235 e. The van der Waals surface area contributed by atoms with Crippen LogP contribution in [0.1, 0.15) is 29.3 Å². The lowest BCUT2D eigenvalue weighted by molar-refractivity contribution is -0.115. The van der Waals surface area contributed by atoms with Crippen LogP contribution in [0.15, 0.2) is 24.5 Å². The number of fused-ring (bicyclic) bond motifs is 5. The largest absolute Gasteiger partial charge is 0.282 e. The van der Waals surface area contributed by atoms with E-state index in [4.69, 9.17) is 5.41 Å². The van der Waals surface area contributed by atoms with E-state index in [9.17, 15) is 4.79 Å². The molecule has 4 rings (SSSR count). The predicted octanol–water partition coefficient (Wildman–Crippen LogP) is 3.13. The maximum absolute atomic E-state index is 11.4. The number of benzene rings is 1. The molecular formula is C18H18N4OS. The summed E-state index contributed by atoms with van der Waals surface area (Å²) in [6, 6.07) is 6.56. The van der Waals surface area contributed by atoms with Crippen LogP contribution in [-0.4, -0.2) is 15.6 Å². The highest BCUT2D eigenvalue weighted by Gasteiger charge is 2.22. The van der Waals surface area contributed by atoms with Crippen LogP contribution in [-0.2, 0) is 17.6 Å². The predicted molar refractivity (Wildman–Crippen MR) is 95.7 cm³/mol. The van der Waals surface area contributed by atoms with Gasteiger partial charge in [-0.2, -0.15) is 0 Å². The molecule has 0 aliphatic heterocycles. The summed E-state index contributed by atoms with van der Waals surface area (Å²) in [4.78, 5) is 18.0. The van der Waals surface area contributed by atoms with Gasteiger partial charge in [0, 0.05) is 17.4 Å². The van der Waals surface area contributed by atoms with Crippen molar-refractivity contribution in [3.05, 3.63) is 46.0 Å². The third-order valence-corrected chi connectivity index (χ3v) is 5.55. The average molecular weight is 338 g/mol. The number of carbonyl (C=O) groups is 1. The number of thiophene rings is 1. The molecule has 0 spiro atoms. The Balaban J connectivity index is 2.07. The van der Waals surface area contributed by atoms with Crippen molar-refractivity contribution >= 4 is 27.5 Å². The summed E-state index contributed by atoms with van der Waals surface area (Å²) in [7, 11) is 0. The molecule has 122 valence electrons. The topological polar surface area (TPSA) is 70.8 Å². The zero-order chi connectivity index (χ0) is 16.8. The van der Waals surface area contributed by atoms with E-state index in [0.29, 0.717) is 0 Å². The first-order chi connectivity index (χ1) is 11.5. The first-order valence-corrected chi connectivity index (χ1v) is 8.81. The Hall–Kier alpha value is -2.47. The van der Waals surface area contributed by atoms with Gasteiger partial charge in [0.1, 0.15) is 11.2 Å². The molecule has 0 unspecified atom stereocenters. The van der Waals surface area contributed by atoms with Crippen molar-refractivity contribution < 1.29 is 4.79 Å². The fourth-order valence-electron chi connectivity index (χ4n) is 3.36. The Kier molecular flexibility index (Phi) is 3.49. The average Bonchev–Trinajstić information content (AvgIpc) is 2.81. The molecular weight excluding hydrogens is 320 g/mol. The van der Waals surface area contributed by atoms with Crippen LogP contribution in [0, 0.1) is 12.3 Å². The van der Waals surface area contributed by atoms with Gasteiger partial charge in [-0.1, -0.05) is 23.8 Å². The van der Waals surface area contributed by atoms with Gasteiger partial charge in [0.2, 0.25) is 5.91 Å². The van der Waals surface area contributed by atoms with Crippen molar-refractivity contribution in [1.29, 1.82) is 5.41 Å². The molecule has 0 saturated heterocycles. The van der Waals surface area contributed by atoms with Gasteiger partial charge in [-0.15, -0.1) is 11.3 Å². The summed E-state index contributed by atoms with van der Waals surface area (Å²) < 4.78 is 1.40. The summed E-state index contributed by atoms with van der Waals surface area (Å²) in [6.45, 7) is 3.53. The number of aryl methyl sites for hydroxylation is 3. The number of nitrogens with zero attached hydrogens (tertiary/aromatic N) is 2. The van der Waals surface area contributed by atoms with Crippen LogP contribution in [0.3, 0.4) is 0 Å². The van der Waals surface area contributed by atoms with Crippen molar-refractivity contribution in [2.24, 2.45) is 0 Å². The number of amides is 1. The van der Waals surface area contributed by atoms with Crippen LogP contribution >= 0.6 is 11.3 Å². The van der Waals surface area contributed by atoms with Gasteiger partial charge in [0.05, 0.1) is 5.39 Å². The first-order valence-electron chi connectivity index (χ1n) is 7.99. The lowest BCUT2D eigenvalue weighted by Gasteiger charge is -2.10. The molecule has 2 N–H and O–H groups in total. The van der Waals surface area contributed by atoms with Crippen LogP contribution in [0.25, 0.3) is 21.3 Å². The molecule has 6 heteroatoms. The van der Waals surface area contributed by atoms with E-state index in [-0.39, 0.29) is 11.4 Å². The smallest absolute Gasteiger partial charge is 0.235 e. The Labute approximate surface area is 143 Å². The monoisotopic (exact) mass is 338 g/mol. The number of rotatable bonds is 1. The summed E-state index contributed by atoms with van der Waals surface area (Å²) in [5.41, 5.74) is 7.81. The molecule has 1 amide bonds. The highest BCUT2D eigenvalue weighted by atomic mass is 32.1. The summed E-state index contributed by atoms with van der Waals surface area (Å²) >= 11 is 1.67. The van der Waals surface area contributed by atoms with E-state index in [1.54, 1.807) is 11.3 Å². The van der Waals surface area contributed by atoms with Gasteiger partial charge in [0.15, 0.2) is 5.49 Å². The fourth-order valence-corrected chi connectivity index (χ4v) is 4.55. The SMILES string of the molecule is CC(=O)Nn1cnc2sc3c(c2c1=N)-c1cc(C)ccc1CCC3. The molecule has 0 bridgehead atoms. The molecule has 5 nitrogen and oxygen atoms in total. The van der Waals surface area contributed by atoms with Crippen molar-refractivity contribution in [2.75, 3.05) is 5.43 Å². The van der Waals surface area contributed by atoms with E-state index >= 15 is 0 Å². The Morgan fingerprint density at radius 2 is 2.21 bits per heavy atom. The van der Waals surface area contributed by atoms with Gasteiger partial charge >= 0.3 is 0 Å². The van der Waals surface area contributed by atoms with Crippen LogP contribution < -0.4 is 10.9 Å². The van der Waals surface area contributed by atoms with Crippen molar-refractivity contribution in [1.82, 2.24) is 9.66 Å². The van der Waals surface area contributed by atoms with Gasteiger partial charge in [-0.25, -0.2) is 9.66 Å². The van der Waals surface area contributed by atoms with Crippen LogP contribution in [0.5, 0.6) is 0 Å². The minimum absolute atomic E-state index is 0.216. The molecule has 0 fully saturated rings. The second-order valence-electron chi connectivity index (χ2n) is 6.23. The minimum atomic E-state index is -0.216. The zero-order valence-corrected chi connectivity index (χ0v) is 14.5. The first kappa shape index (κ1) is 15.1. The molecule has 0 atom stereocenters. The molecule has 1 aliphatic rings. The Morgan fingerprint density at radius 3 is 3.00 bits per heavy atom. The summed E-state index contributed by atoms with van der Waals surface area (Å²) in [5.74, 6) is -0.216. The van der Waals surface area contributed by atoms with E-state index < -0.39 is 0 Å². The number of carbonyl (C=O) groups excluding carboxylic acids is 1. The highest BCUT2D eigenvalue weighted by Crippen LogP contribution is 2.41. The second-order valence-corrected chi connectivity index (χ2v) is 7.31. The summed E-state index contributed by atoms with van der Waals surface area (Å²) in [5, 5.41) is 9.40. The van der Waals surface area contributed by atoms with E-state index in [0.717, 1.165) is 35.0 Å². The summed E-state index contributed by atoms with van der Waals surface area (Å²) in [6.07, 6.45) is 4.68. The fraction of sp³-hybridized carbons (Fsp3) is 0.278. The van der Waals surface area contributed by atoms with Gasteiger partial charge in [-0.05, 0) is 37.3 Å². The number of hydrogen-bond acceptors (Lipinski definition) is 4. The molecule has 1 aliphatic carbocycles. The number of nitrogens with one attached hydrogen (secondary N) is 2. The lowest BCUT2D eigenvalue weighted by atomic mass is 9.96. The van der Waals surface area contributed by atoms with Crippen molar-refractivity contribution in [3.63, 3.8) is 0 Å². The van der Waals surface area contributed by atoms with Crippen LogP contribution in [0.2, 0.25) is 0 Å². The highest BCUT2D eigenvalue weighted by molar-refractivity contribution is 7.19. The van der Waals surface area contributed by atoms with Gasteiger partial charge < -0.3 is 0 Å². The third kappa shape index (κ3) is 2.34. The van der Waals surface area contributed by atoms with Crippen LogP contribution in [0.4, 0.5) is 0 Å². The standard InChI is InChI=1S/C18H18N4OS/c1-10-6-7-12-4-3-5-14-15(13(12)8-10)16-17(19)22(21-11(2)23)9-20-18(16)24-14/h6-9,19H,3-5H2,1-2H3,(H,21,23). The van der Waals surface area contributed by atoms with Gasteiger partial charge in [-0.3, -0.25) is 15.6 Å². The molecule has 2 heterocycles. The molecule has 24 heavy (non-hydrogen) atoms. The molecule has 3 aromatic rings. The molecule has 1 aromatic carbocycles. The van der Waals surface area contributed by atoms with E-state index in [2.05, 4.69) is 35.5 Å². The zero-order valence-electron chi connectivity index (χ0n) is 13.6. The van der Waals surface area contributed by atoms with E-state index in [1.165, 1.54) is 39.5 Å². The number of hydrogen-bond donors (Lipinski definition) is 2. The molecule has 0 saturated carbocycles. The lowest BCUT2D eigenvalue weighted by Crippen LogP contribution is -2.31. The third-order valence-electron chi connectivity index (χ3n) is 4.39.